The van der Waals surface area contributed by atoms with Crippen LogP contribution >= 0.6 is 22.9 Å². The smallest absolute Gasteiger partial charge is 0.195 e. The van der Waals surface area contributed by atoms with E-state index < -0.39 is 0 Å². The average molecular weight is 202 g/mol. The predicted molar refractivity (Wildman–Crippen MR) is 47.5 cm³/mol. The van der Waals surface area contributed by atoms with Crippen LogP contribution in [-0.4, -0.2) is 20.8 Å². The molecule has 2 aromatic rings. The molecule has 0 atom stereocenters. The van der Waals surface area contributed by atoms with Crippen LogP contribution in [0.2, 0.25) is 5.15 Å². The van der Waals surface area contributed by atoms with Gasteiger partial charge in [-0.15, -0.1) is 11.3 Å². The Morgan fingerprint density at radius 3 is 3.33 bits per heavy atom. The lowest BCUT2D eigenvalue weighted by atomic mass is 10.5. The molecule has 12 heavy (non-hydrogen) atoms. The molecule has 2 rings (SSSR count). The molecule has 0 amide bonds. The van der Waals surface area contributed by atoms with Crippen LogP contribution in [0.25, 0.3) is 4.96 Å². The molecule has 6 heteroatoms. The van der Waals surface area contributed by atoms with Crippen molar-refractivity contribution in [1.82, 2.24) is 9.38 Å². The van der Waals surface area contributed by atoms with Gasteiger partial charge in [0, 0.05) is 11.6 Å². The van der Waals surface area contributed by atoms with Gasteiger partial charge in [-0.3, -0.25) is 4.40 Å². The Bertz CT molecular complexity index is 433. The lowest BCUT2D eigenvalue weighted by Crippen LogP contribution is -1.87. The van der Waals surface area contributed by atoms with Gasteiger partial charge in [0.05, 0.1) is 6.21 Å². The first-order chi connectivity index (χ1) is 5.83. The number of halogens is 1. The van der Waals surface area contributed by atoms with Crippen molar-refractivity contribution in [1.29, 1.82) is 0 Å². The topological polar surface area (TPSA) is 49.9 Å². The number of thiazole rings is 1. The van der Waals surface area contributed by atoms with Crippen LogP contribution in [0.4, 0.5) is 0 Å². The van der Waals surface area contributed by atoms with Gasteiger partial charge in [-0.25, -0.2) is 4.98 Å². The van der Waals surface area contributed by atoms with Crippen molar-refractivity contribution >= 4 is 34.1 Å². The summed E-state index contributed by atoms with van der Waals surface area (Å²) in [4.78, 5) is 4.82. The van der Waals surface area contributed by atoms with Gasteiger partial charge in [0.1, 0.15) is 5.69 Å². The van der Waals surface area contributed by atoms with E-state index in [1.807, 2.05) is 11.6 Å². The minimum absolute atomic E-state index is 0.347. The number of aromatic nitrogens is 2. The van der Waals surface area contributed by atoms with E-state index in [-0.39, 0.29) is 0 Å². The Morgan fingerprint density at radius 1 is 1.75 bits per heavy atom. The number of oxime groups is 1. The van der Waals surface area contributed by atoms with Gasteiger partial charge in [0.15, 0.2) is 10.1 Å². The van der Waals surface area contributed by atoms with Crippen LogP contribution in [0.1, 0.15) is 5.69 Å². The maximum absolute atomic E-state index is 8.33. The minimum atomic E-state index is 0.347. The summed E-state index contributed by atoms with van der Waals surface area (Å²) in [5.41, 5.74) is 0.593. The highest BCUT2D eigenvalue weighted by Gasteiger charge is 2.08. The molecular formula is C6H4ClN3OS. The van der Waals surface area contributed by atoms with Gasteiger partial charge in [0.25, 0.3) is 0 Å². The average Bonchev–Trinajstić information content (AvgIpc) is 2.56. The van der Waals surface area contributed by atoms with E-state index in [0.29, 0.717) is 10.8 Å². The zero-order valence-corrected chi connectivity index (χ0v) is 7.38. The van der Waals surface area contributed by atoms with Gasteiger partial charge in [-0.2, -0.15) is 0 Å². The Labute approximate surface area is 76.7 Å². The highest BCUT2D eigenvalue weighted by atomic mass is 35.5. The van der Waals surface area contributed by atoms with Crippen molar-refractivity contribution in [2.24, 2.45) is 5.16 Å². The van der Waals surface area contributed by atoms with Crippen molar-refractivity contribution in [3.8, 4) is 0 Å². The summed E-state index contributed by atoms with van der Waals surface area (Å²) in [7, 11) is 0. The van der Waals surface area contributed by atoms with E-state index in [1.54, 1.807) is 4.40 Å². The molecule has 0 radical (unpaired) electrons. The molecule has 1 N–H and O–H groups in total. The van der Waals surface area contributed by atoms with Crippen LogP contribution < -0.4 is 0 Å². The fourth-order valence-corrected chi connectivity index (χ4v) is 1.94. The summed E-state index contributed by atoms with van der Waals surface area (Å²) in [6, 6.07) is 0. The van der Waals surface area contributed by atoms with Gasteiger partial charge in [-0.1, -0.05) is 16.8 Å². The number of fused-ring (bicyclic) bond motifs is 1. The molecule has 0 unspecified atom stereocenters. The number of rotatable bonds is 1. The van der Waals surface area contributed by atoms with Crippen molar-refractivity contribution in [2.75, 3.05) is 0 Å². The van der Waals surface area contributed by atoms with E-state index >= 15 is 0 Å². The Morgan fingerprint density at radius 2 is 2.58 bits per heavy atom. The largest absolute Gasteiger partial charge is 0.411 e. The lowest BCUT2D eigenvalue weighted by Gasteiger charge is -1.86. The molecule has 0 bridgehead atoms. The molecule has 0 aliphatic heterocycles. The van der Waals surface area contributed by atoms with Gasteiger partial charge in [-0.05, 0) is 0 Å². The molecule has 2 heterocycles. The zero-order valence-electron chi connectivity index (χ0n) is 5.81. The molecule has 4 nitrogen and oxygen atoms in total. The van der Waals surface area contributed by atoms with Gasteiger partial charge < -0.3 is 5.21 Å². The molecule has 0 saturated heterocycles. The third-order valence-electron chi connectivity index (χ3n) is 1.43. The molecular weight excluding hydrogens is 198 g/mol. The predicted octanol–water partition coefficient (Wildman–Crippen LogP) is 1.86. The van der Waals surface area contributed by atoms with Crippen LogP contribution in [0, 0.1) is 0 Å². The third kappa shape index (κ3) is 0.981. The van der Waals surface area contributed by atoms with E-state index in [9.17, 15) is 0 Å². The van der Waals surface area contributed by atoms with E-state index in [1.165, 1.54) is 17.6 Å². The van der Waals surface area contributed by atoms with Gasteiger partial charge >= 0.3 is 0 Å². The summed E-state index contributed by atoms with van der Waals surface area (Å²) in [5.74, 6) is 0. The monoisotopic (exact) mass is 201 g/mol. The molecule has 0 fully saturated rings. The molecule has 0 saturated carbocycles. The third-order valence-corrected chi connectivity index (χ3v) is 2.47. The second kappa shape index (κ2) is 2.76. The number of hydrogen-bond donors (Lipinski definition) is 1. The van der Waals surface area contributed by atoms with E-state index in [0.717, 1.165) is 4.96 Å². The van der Waals surface area contributed by atoms with Crippen LogP contribution in [0.15, 0.2) is 16.7 Å². The van der Waals surface area contributed by atoms with Crippen molar-refractivity contribution in [3.63, 3.8) is 0 Å². The standard InChI is InChI=1S/C6H4ClN3OS/c7-5-4(3-8-11)10-1-2-12-6(10)9-5/h1-3,11H. The highest BCUT2D eigenvalue weighted by Crippen LogP contribution is 2.19. The first-order valence-electron chi connectivity index (χ1n) is 3.11. The minimum Gasteiger partial charge on any atom is -0.411 e. The molecule has 0 spiro atoms. The summed E-state index contributed by atoms with van der Waals surface area (Å²) in [6.45, 7) is 0. The first kappa shape index (κ1) is 7.57. The van der Waals surface area contributed by atoms with Crippen LogP contribution in [-0.2, 0) is 0 Å². The molecule has 2 aromatic heterocycles. The second-order valence-electron chi connectivity index (χ2n) is 2.09. The lowest BCUT2D eigenvalue weighted by molar-refractivity contribution is 0.321. The zero-order chi connectivity index (χ0) is 8.55. The number of imidazole rings is 1. The fraction of sp³-hybridized carbons (Fsp3) is 0. The molecule has 0 aromatic carbocycles. The quantitative estimate of drug-likeness (QED) is 0.435. The van der Waals surface area contributed by atoms with Crippen molar-refractivity contribution < 1.29 is 5.21 Å². The summed E-state index contributed by atoms with van der Waals surface area (Å²) < 4.78 is 1.76. The highest BCUT2D eigenvalue weighted by molar-refractivity contribution is 7.15. The Balaban J connectivity index is 2.75. The van der Waals surface area contributed by atoms with Crippen LogP contribution in [0.3, 0.4) is 0 Å². The van der Waals surface area contributed by atoms with Crippen molar-refractivity contribution in [3.05, 3.63) is 22.4 Å². The SMILES string of the molecule is ON=Cc1c(Cl)nc2sccn12. The summed E-state index contributed by atoms with van der Waals surface area (Å²) in [6.07, 6.45) is 3.07. The second-order valence-corrected chi connectivity index (χ2v) is 3.32. The fourth-order valence-electron chi connectivity index (χ4n) is 0.947. The number of hydrogen-bond acceptors (Lipinski definition) is 4. The normalized spacial score (nSPS) is 11.8. The van der Waals surface area contributed by atoms with Gasteiger partial charge in [0.2, 0.25) is 0 Å². The molecule has 62 valence electrons. The first-order valence-corrected chi connectivity index (χ1v) is 4.37. The maximum Gasteiger partial charge on any atom is 0.195 e. The molecule has 0 aliphatic rings. The molecule has 0 aliphatic carbocycles. The summed E-state index contributed by atoms with van der Waals surface area (Å²) >= 11 is 7.23. The Kier molecular flexibility index (Phi) is 1.74. The van der Waals surface area contributed by atoms with E-state index in [4.69, 9.17) is 16.8 Å². The maximum atomic E-state index is 8.33. The number of nitrogens with zero attached hydrogens (tertiary/aromatic N) is 3. The van der Waals surface area contributed by atoms with Crippen molar-refractivity contribution in [2.45, 2.75) is 0 Å². The van der Waals surface area contributed by atoms with E-state index in [2.05, 4.69) is 10.1 Å². The Hall–Kier alpha value is -1.07. The summed E-state index contributed by atoms with van der Waals surface area (Å²) in [5, 5.41) is 13.5. The van der Waals surface area contributed by atoms with Crippen LogP contribution in [0.5, 0.6) is 0 Å².